The third kappa shape index (κ3) is 3.59. The summed E-state index contributed by atoms with van der Waals surface area (Å²) in [6.45, 7) is 4.48. The van der Waals surface area contributed by atoms with E-state index in [-0.39, 0.29) is 17.8 Å². The van der Waals surface area contributed by atoms with Gasteiger partial charge >= 0.3 is 0 Å². The van der Waals surface area contributed by atoms with Crippen LogP contribution in [0, 0.1) is 12.7 Å². The summed E-state index contributed by atoms with van der Waals surface area (Å²) in [7, 11) is 0. The average molecular weight is 326 g/mol. The van der Waals surface area contributed by atoms with Crippen molar-refractivity contribution in [2.75, 3.05) is 0 Å². The van der Waals surface area contributed by atoms with Crippen molar-refractivity contribution in [3.63, 3.8) is 0 Å². The zero-order valence-corrected chi connectivity index (χ0v) is 13.7. The van der Waals surface area contributed by atoms with Crippen LogP contribution < -0.4 is 5.32 Å². The zero-order valence-electron chi connectivity index (χ0n) is 13.7. The molecule has 124 valence electrons. The summed E-state index contributed by atoms with van der Waals surface area (Å²) < 4.78 is 15.2. The highest BCUT2D eigenvalue weighted by atomic mass is 19.1. The summed E-state index contributed by atoms with van der Waals surface area (Å²) in [4.78, 5) is 16.9. The molecule has 1 N–H and O–H groups in total. The predicted octanol–water partition coefficient (Wildman–Crippen LogP) is 3.09. The molecule has 0 aliphatic rings. The first-order valence-corrected chi connectivity index (χ1v) is 7.88. The van der Waals surface area contributed by atoms with Crippen LogP contribution in [0.25, 0.3) is 10.9 Å². The molecule has 6 heteroatoms. The highest BCUT2D eigenvalue weighted by molar-refractivity contribution is 6.06. The van der Waals surface area contributed by atoms with Gasteiger partial charge in [0.15, 0.2) is 0 Å². The van der Waals surface area contributed by atoms with Crippen molar-refractivity contribution in [3.8, 4) is 0 Å². The summed E-state index contributed by atoms with van der Waals surface area (Å²) in [5.74, 6) is -0.537. The Bertz CT molecular complexity index is 856. The molecule has 5 nitrogen and oxygen atoms in total. The molecular weight excluding hydrogens is 307 g/mol. The first-order chi connectivity index (χ1) is 11.5. The van der Waals surface area contributed by atoms with Crippen molar-refractivity contribution in [1.82, 2.24) is 20.1 Å². The molecule has 0 aliphatic heterocycles. The molecule has 0 fully saturated rings. The van der Waals surface area contributed by atoms with E-state index in [1.54, 1.807) is 25.3 Å². The van der Waals surface area contributed by atoms with Gasteiger partial charge in [-0.15, -0.1) is 0 Å². The number of hydrogen-bond donors (Lipinski definition) is 1. The first-order valence-electron chi connectivity index (χ1n) is 7.88. The van der Waals surface area contributed by atoms with Gasteiger partial charge in [0.1, 0.15) is 5.82 Å². The Morgan fingerprint density at radius 1 is 1.38 bits per heavy atom. The van der Waals surface area contributed by atoms with Crippen molar-refractivity contribution in [2.45, 2.75) is 32.9 Å². The molecule has 0 bridgehead atoms. The maximum atomic E-state index is 13.4. The number of halogens is 1. The van der Waals surface area contributed by atoms with Crippen LogP contribution in [-0.2, 0) is 6.54 Å². The normalized spacial score (nSPS) is 12.3. The number of carbonyl (C=O) groups excluding carboxylic acids is 1. The molecule has 2 aromatic heterocycles. The molecule has 3 rings (SSSR count). The first kappa shape index (κ1) is 16.1. The van der Waals surface area contributed by atoms with Gasteiger partial charge in [0, 0.05) is 42.1 Å². The fourth-order valence-corrected chi connectivity index (χ4v) is 2.65. The minimum atomic E-state index is -0.362. The topological polar surface area (TPSA) is 59.8 Å². The molecule has 3 aromatic rings. The molecule has 0 radical (unpaired) electrons. The van der Waals surface area contributed by atoms with Gasteiger partial charge in [-0.05, 0) is 44.5 Å². The molecular formula is C18H19FN4O. The third-order valence-electron chi connectivity index (χ3n) is 3.87. The van der Waals surface area contributed by atoms with Crippen LogP contribution in [0.3, 0.4) is 0 Å². The monoisotopic (exact) mass is 326 g/mol. The molecule has 0 aliphatic carbocycles. The Morgan fingerprint density at radius 2 is 2.21 bits per heavy atom. The smallest absolute Gasteiger partial charge is 0.252 e. The highest BCUT2D eigenvalue weighted by Gasteiger charge is 2.15. The number of hydrogen-bond acceptors (Lipinski definition) is 3. The molecule has 1 amide bonds. The lowest BCUT2D eigenvalue weighted by molar-refractivity contribution is 0.0939. The molecule has 2 heterocycles. The lowest BCUT2D eigenvalue weighted by Crippen LogP contribution is -2.33. The van der Waals surface area contributed by atoms with Gasteiger partial charge in [-0.3, -0.25) is 14.5 Å². The Morgan fingerprint density at radius 3 is 2.96 bits per heavy atom. The Kier molecular flexibility index (Phi) is 4.55. The maximum absolute atomic E-state index is 13.4. The number of carbonyl (C=O) groups is 1. The van der Waals surface area contributed by atoms with Crippen LogP contribution in [0.1, 0.15) is 29.4 Å². The number of rotatable bonds is 5. The molecule has 0 unspecified atom stereocenters. The van der Waals surface area contributed by atoms with Gasteiger partial charge in [-0.1, -0.05) is 0 Å². The fourth-order valence-electron chi connectivity index (χ4n) is 2.65. The number of nitrogens with zero attached hydrogens (tertiary/aromatic N) is 3. The molecule has 0 spiro atoms. The second-order valence-electron chi connectivity index (χ2n) is 5.90. The van der Waals surface area contributed by atoms with Crippen molar-refractivity contribution in [2.24, 2.45) is 0 Å². The van der Waals surface area contributed by atoms with Gasteiger partial charge in [0.2, 0.25) is 0 Å². The van der Waals surface area contributed by atoms with E-state index in [4.69, 9.17) is 0 Å². The van der Waals surface area contributed by atoms with Crippen LogP contribution in [0.2, 0.25) is 0 Å². The van der Waals surface area contributed by atoms with Crippen LogP contribution in [0.5, 0.6) is 0 Å². The lowest BCUT2D eigenvalue weighted by Gasteiger charge is -2.15. The van der Waals surface area contributed by atoms with Crippen molar-refractivity contribution < 1.29 is 9.18 Å². The van der Waals surface area contributed by atoms with Crippen LogP contribution >= 0.6 is 0 Å². The van der Waals surface area contributed by atoms with Crippen molar-refractivity contribution in [1.29, 1.82) is 0 Å². The highest BCUT2D eigenvalue weighted by Crippen LogP contribution is 2.19. The van der Waals surface area contributed by atoms with Crippen LogP contribution in [0.15, 0.2) is 42.7 Å². The Labute approximate surface area is 139 Å². The molecule has 24 heavy (non-hydrogen) atoms. The average Bonchev–Trinajstić information content (AvgIpc) is 3.05. The summed E-state index contributed by atoms with van der Waals surface area (Å²) in [5.41, 5.74) is 1.69. The number of fused-ring (bicyclic) bond motifs is 1. The SMILES string of the molecule is Cc1cc(C(=O)N[C@@H](C)CCn2cccn2)c2ccc(F)cc2n1. The Balaban J connectivity index is 1.75. The number of aryl methyl sites for hydroxylation is 2. The van der Waals surface area contributed by atoms with E-state index < -0.39 is 0 Å². The van der Waals surface area contributed by atoms with Gasteiger partial charge in [0.25, 0.3) is 5.91 Å². The Hall–Kier alpha value is -2.76. The predicted molar refractivity (Wildman–Crippen MR) is 90.2 cm³/mol. The van der Waals surface area contributed by atoms with Crippen LogP contribution in [-0.4, -0.2) is 26.7 Å². The number of pyridine rings is 1. The van der Waals surface area contributed by atoms with E-state index in [9.17, 15) is 9.18 Å². The van der Waals surface area contributed by atoms with Crippen molar-refractivity contribution in [3.05, 3.63) is 59.8 Å². The third-order valence-corrected chi connectivity index (χ3v) is 3.87. The largest absolute Gasteiger partial charge is 0.349 e. The number of benzene rings is 1. The van der Waals surface area contributed by atoms with E-state index >= 15 is 0 Å². The molecule has 1 atom stereocenters. The van der Waals surface area contributed by atoms with E-state index in [1.165, 1.54) is 12.1 Å². The number of aromatic nitrogens is 3. The van der Waals surface area contributed by atoms with Gasteiger partial charge < -0.3 is 5.32 Å². The molecule has 0 saturated heterocycles. The summed E-state index contributed by atoms with van der Waals surface area (Å²) in [6, 6.07) is 7.88. The van der Waals surface area contributed by atoms with Crippen molar-refractivity contribution >= 4 is 16.8 Å². The summed E-state index contributed by atoms with van der Waals surface area (Å²) in [5, 5.41) is 7.79. The second-order valence-corrected chi connectivity index (χ2v) is 5.90. The summed E-state index contributed by atoms with van der Waals surface area (Å²) >= 11 is 0. The van der Waals surface area contributed by atoms with E-state index in [0.29, 0.717) is 22.2 Å². The maximum Gasteiger partial charge on any atom is 0.252 e. The van der Waals surface area contributed by atoms with Gasteiger partial charge in [0.05, 0.1) is 11.1 Å². The fraction of sp³-hybridized carbons (Fsp3) is 0.278. The minimum absolute atomic E-state index is 0.00864. The van der Waals surface area contributed by atoms with E-state index in [0.717, 1.165) is 13.0 Å². The number of nitrogens with one attached hydrogen (secondary N) is 1. The van der Waals surface area contributed by atoms with E-state index in [2.05, 4.69) is 15.4 Å². The lowest BCUT2D eigenvalue weighted by atomic mass is 10.1. The second kappa shape index (κ2) is 6.78. The van der Waals surface area contributed by atoms with Gasteiger partial charge in [-0.25, -0.2) is 4.39 Å². The quantitative estimate of drug-likeness (QED) is 0.784. The molecule has 0 saturated carbocycles. The zero-order chi connectivity index (χ0) is 17.1. The summed E-state index contributed by atoms with van der Waals surface area (Å²) in [6.07, 6.45) is 4.39. The van der Waals surface area contributed by atoms with E-state index in [1.807, 2.05) is 23.9 Å². The standard InChI is InChI=1S/C18H19FN4O/c1-12(6-9-23-8-3-7-20-23)22-18(24)16-10-13(2)21-17-11-14(19)4-5-15(16)17/h3-5,7-8,10-12H,6,9H2,1-2H3,(H,22,24)/t12-/m0/s1. The van der Waals surface area contributed by atoms with Crippen LogP contribution in [0.4, 0.5) is 4.39 Å². The van der Waals surface area contributed by atoms with Gasteiger partial charge in [-0.2, -0.15) is 5.10 Å². The minimum Gasteiger partial charge on any atom is -0.349 e. The number of amides is 1. The molecule has 1 aromatic carbocycles.